The predicted molar refractivity (Wildman–Crippen MR) is 142 cm³/mol. The number of aromatic nitrogens is 3. The van der Waals surface area contributed by atoms with E-state index in [1.54, 1.807) is 34.0 Å². The number of thiazole rings is 2. The van der Waals surface area contributed by atoms with Gasteiger partial charge in [-0.3, -0.25) is 4.79 Å². The number of amides is 1. The fourth-order valence-corrected chi connectivity index (χ4v) is 6.48. The van der Waals surface area contributed by atoms with E-state index in [2.05, 4.69) is 15.0 Å². The Morgan fingerprint density at radius 2 is 1.85 bits per heavy atom. The van der Waals surface area contributed by atoms with Crippen LogP contribution in [0.1, 0.15) is 41.2 Å². The summed E-state index contributed by atoms with van der Waals surface area (Å²) in [5, 5.41) is 2.03. The molecule has 1 aliphatic carbocycles. The third-order valence-corrected chi connectivity index (χ3v) is 8.72. The summed E-state index contributed by atoms with van der Waals surface area (Å²) in [5.74, 6) is -0.244. The summed E-state index contributed by atoms with van der Waals surface area (Å²) in [6, 6.07) is 9.71. The van der Waals surface area contributed by atoms with Gasteiger partial charge in [-0.15, -0.1) is 22.7 Å². The summed E-state index contributed by atoms with van der Waals surface area (Å²) in [7, 11) is 0. The lowest BCUT2D eigenvalue weighted by atomic mass is 9.95. The Labute approximate surface area is 230 Å². The Morgan fingerprint density at radius 1 is 1.13 bits per heavy atom. The van der Waals surface area contributed by atoms with Crippen LogP contribution < -0.4 is 10.5 Å². The third kappa shape index (κ3) is 5.04. The lowest BCUT2D eigenvalue weighted by Crippen LogP contribution is -2.33. The third-order valence-electron chi connectivity index (χ3n) is 7.05. The van der Waals surface area contributed by atoms with Gasteiger partial charge in [-0.2, -0.15) is 0 Å². The lowest BCUT2D eigenvalue weighted by molar-refractivity contribution is 0.0744. The number of nitrogens with two attached hydrogens (primary N) is 1. The SMILES string of the molecule is CC(C)(N)c1cc(O[C@@H]2[C@@H]3CN(C(=O)c4sc(-c5cscn5)nc4C(F)F)C[C@@H]32)nc(-c2ccc(F)cc2)c1. The molecule has 1 aliphatic heterocycles. The number of fused-ring (bicyclic) bond motifs is 1. The molecule has 1 amide bonds. The first-order valence-electron chi connectivity index (χ1n) is 12.3. The molecule has 202 valence electrons. The summed E-state index contributed by atoms with van der Waals surface area (Å²) in [5.41, 5.74) is 9.44. The Kier molecular flexibility index (Phi) is 6.43. The van der Waals surface area contributed by atoms with E-state index in [4.69, 9.17) is 10.5 Å². The van der Waals surface area contributed by atoms with E-state index in [9.17, 15) is 18.0 Å². The minimum absolute atomic E-state index is 0.0461. The van der Waals surface area contributed by atoms with Crippen molar-refractivity contribution in [1.29, 1.82) is 0 Å². The highest BCUT2D eigenvalue weighted by molar-refractivity contribution is 7.17. The first kappa shape index (κ1) is 25.9. The molecule has 2 fully saturated rings. The lowest BCUT2D eigenvalue weighted by Gasteiger charge is -2.22. The van der Waals surface area contributed by atoms with Crippen molar-refractivity contribution in [2.75, 3.05) is 13.1 Å². The maximum Gasteiger partial charge on any atom is 0.282 e. The molecule has 1 saturated heterocycles. The number of carbonyl (C=O) groups is 1. The summed E-state index contributed by atoms with van der Waals surface area (Å²) in [6.45, 7) is 4.55. The zero-order chi connectivity index (χ0) is 27.5. The van der Waals surface area contributed by atoms with Crippen LogP contribution in [0.2, 0.25) is 0 Å². The first-order valence-corrected chi connectivity index (χ1v) is 14.0. The molecule has 3 atom stereocenters. The molecule has 0 radical (unpaired) electrons. The molecular formula is C27H24F3N5O2S2. The highest BCUT2D eigenvalue weighted by Gasteiger charge is 2.59. The Balaban J connectivity index is 1.18. The fraction of sp³-hybridized carbons (Fsp3) is 0.333. The van der Waals surface area contributed by atoms with Gasteiger partial charge >= 0.3 is 0 Å². The van der Waals surface area contributed by atoms with Gasteiger partial charge in [0, 0.05) is 47.5 Å². The molecule has 0 spiro atoms. The number of hydrogen-bond donors (Lipinski definition) is 1. The quantitative estimate of drug-likeness (QED) is 0.304. The van der Waals surface area contributed by atoms with Crippen molar-refractivity contribution >= 4 is 28.6 Å². The molecule has 6 rings (SSSR count). The van der Waals surface area contributed by atoms with Crippen LogP contribution in [-0.4, -0.2) is 45.0 Å². The van der Waals surface area contributed by atoms with Gasteiger partial charge in [0.25, 0.3) is 12.3 Å². The fourth-order valence-electron chi connectivity index (χ4n) is 4.86. The maximum atomic E-state index is 13.7. The average molecular weight is 572 g/mol. The molecule has 2 N–H and O–H groups in total. The standard InChI is InChI=1S/C27H24F3N5O2S2/c1-27(2,31)14-7-18(13-3-5-15(28)6-4-13)33-20(8-14)37-22-16-9-35(10-17(16)22)26(36)23-21(24(29)30)34-25(39-23)19-11-38-12-32-19/h3-8,11-12,16-17,22,24H,9-10,31H2,1-2H3/t16-,17+,22-. The topological polar surface area (TPSA) is 94.2 Å². The Hall–Kier alpha value is -3.35. The molecule has 4 aromatic rings. The van der Waals surface area contributed by atoms with E-state index in [1.165, 1.54) is 23.5 Å². The minimum atomic E-state index is -2.86. The van der Waals surface area contributed by atoms with Gasteiger partial charge in [-0.05, 0) is 49.7 Å². The molecule has 1 aromatic carbocycles. The van der Waals surface area contributed by atoms with Crippen LogP contribution in [0.5, 0.6) is 5.88 Å². The van der Waals surface area contributed by atoms with Gasteiger partial charge in [0.05, 0.1) is 11.2 Å². The number of likely N-dealkylation sites (tertiary alicyclic amines) is 1. The molecule has 7 nitrogen and oxygen atoms in total. The number of halogens is 3. The number of hydrogen-bond acceptors (Lipinski definition) is 8. The molecule has 1 saturated carbocycles. The number of nitrogens with zero attached hydrogens (tertiary/aromatic N) is 4. The van der Waals surface area contributed by atoms with Crippen LogP contribution in [0.4, 0.5) is 13.2 Å². The highest BCUT2D eigenvalue weighted by atomic mass is 32.1. The van der Waals surface area contributed by atoms with E-state index in [0.29, 0.717) is 35.4 Å². The second kappa shape index (κ2) is 9.68. The number of pyridine rings is 1. The second-order valence-electron chi connectivity index (χ2n) is 10.3. The van der Waals surface area contributed by atoms with Crippen molar-refractivity contribution in [3.8, 4) is 27.8 Å². The zero-order valence-corrected chi connectivity index (χ0v) is 22.6. The van der Waals surface area contributed by atoms with Crippen molar-refractivity contribution in [2.24, 2.45) is 17.6 Å². The number of piperidine rings is 1. The number of carbonyl (C=O) groups excluding carboxylic acids is 1. The second-order valence-corrected chi connectivity index (χ2v) is 12.1. The van der Waals surface area contributed by atoms with Crippen LogP contribution in [0.25, 0.3) is 22.0 Å². The van der Waals surface area contributed by atoms with Gasteiger partial charge in [0.1, 0.15) is 33.2 Å². The molecule has 2 aliphatic rings. The summed E-state index contributed by atoms with van der Waals surface area (Å²) >= 11 is 2.28. The largest absolute Gasteiger partial charge is 0.474 e. The molecule has 0 bridgehead atoms. The van der Waals surface area contributed by atoms with Crippen LogP contribution in [-0.2, 0) is 5.54 Å². The highest BCUT2D eigenvalue weighted by Crippen LogP contribution is 2.49. The number of ether oxygens (including phenoxy) is 1. The monoisotopic (exact) mass is 571 g/mol. The molecule has 39 heavy (non-hydrogen) atoms. The van der Waals surface area contributed by atoms with Crippen LogP contribution in [0, 0.1) is 17.7 Å². The van der Waals surface area contributed by atoms with Crippen molar-refractivity contribution in [3.05, 3.63) is 69.2 Å². The smallest absolute Gasteiger partial charge is 0.282 e. The van der Waals surface area contributed by atoms with Crippen molar-refractivity contribution in [1.82, 2.24) is 19.9 Å². The average Bonchev–Trinajstić information content (AvgIpc) is 3.43. The number of benzene rings is 1. The molecule has 0 unspecified atom stereocenters. The predicted octanol–water partition coefficient (Wildman–Crippen LogP) is 5.75. The summed E-state index contributed by atoms with van der Waals surface area (Å²) in [4.78, 5) is 27.5. The van der Waals surface area contributed by atoms with Crippen molar-refractivity contribution < 1.29 is 22.7 Å². The molecule has 4 heterocycles. The van der Waals surface area contributed by atoms with E-state index in [0.717, 1.165) is 22.5 Å². The number of alkyl halides is 2. The Morgan fingerprint density at radius 3 is 2.46 bits per heavy atom. The van der Waals surface area contributed by atoms with Crippen molar-refractivity contribution in [3.63, 3.8) is 0 Å². The van der Waals surface area contributed by atoms with E-state index >= 15 is 0 Å². The van der Waals surface area contributed by atoms with E-state index in [1.807, 2.05) is 19.9 Å². The van der Waals surface area contributed by atoms with Gasteiger partial charge in [0.2, 0.25) is 5.88 Å². The van der Waals surface area contributed by atoms with Crippen molar-refractivity contribution in [2.45, 2.75) is 31.9 Å². The zero-order valence-electron chi connectivity index (χ0n) is 21.0. The van der Waals surface area contributed by atoms with Gasteiger partial charge < -0.3 is 15.4 Å². The van der Waals surface area contributed by atoms with Crippen LogP contribution in [0.15, 0.2) is 47.3 Å². The normalized spacial score (nSPS) is 20.4. The van der Waals surface area contributed by atoms with Crippen LogP contribution in [0.3, 0.4) is 0 Å². The molecule has 3 aromatic heterocycles. The first-order chi connectivity index (χ1) is 18.6. The summed E-state index contributed by atoms with van der Waals surface area (Å²) in [6.07, 6.45) is -3.01. The molecule has 12 heteroatoms. The van der Waals surface area contributed by atoms with Crippen LogP contribution >= 0.6 is 22.7 Å². The van der Waals surface area contributed by atoms with Gasteiger partial charge in [0.15, 0.2) is 0 Å². The minimum Gasteiger partial charge on any atom is -0.474 e. The maximum absolute atomic E-state index is 13.7. The number of rotatable bonds is 7. The molecular weight excluding hydrogens is 547 g/mol. The van der Waals surface area contributed by atoms with Gasteiger partial charge in [-0.1, -0.05) is 0 Å². The van der Waals surface area contributed by atoms with E-state index in [-0.39, 0.29) is 28.6 Å². The Bertz CT molecular complexity index is 1510. The van der Waals surface area contributed by atoms with Gasteiger partial charge in [-0.25, -0.2) is 28.1 Å². The van der Waals surface area contributed by atoms with E-state index < -0.39 is 23.6 Å². The summed E-state index contributed by atoms with van der Waals surface area (Å²) < 4.78 is 47.1.